The van der Waals surface area contributed by atoms with E-state index in [9.17, 15) is 4.79 Å². The first-order chi connectivity index (χ1) is 10.0. The maximum atomic E-state index is 12.9. The predicted octanol–water partition coefficient (Wildman–Crippen LogP) is 3.42. The zero-order chi connectivity index (χ0) is 15.6. The number of benzene rings is 1. The summed E-state index contributed by atoms with van der Waals surface area (Å²) in [6.45, 7) is 6.19. The van der Waals surface area contributed by atoms with Crippen LogP contribution in [-0.4, -0.2) is 37.1 Å². The average molecular weight is 291 g/mol. The van der Waals surface area contributed by atoms with Crippen molar-refractivity contribution in [1.82, 2.24) is 4.90 Å². The van der Waals surface area contributed by atoms with Crippen LogP contribution < -0.4 is 9.47 Å². The molecular weight excluding hydrogens is 266 g/mol. The van der Waals surface area contributed by atoms with Crippen LogP contribution in [0.15, 0.2) is 12.1 Å². The molecule has 4 heteroatoms. The minimum Gasteiger partial charge on any atom is -0.496 e. The summed E-state index contributed by atoms with van der Waals surface area (Å²) in [4.78, 5) is 14.9. The van der Waals surface area contributed by atoms with Crippen LogP contribution in [0.5, 0.6) is 11.5 Å². The fraction of sp³-hybridized carbons (Fsp3) is 0.588. The lowest BCUT2D eigenvalue weighted by Crippen LogP contribution is -2.39. The highest BCUT2D eigenvalue weighted by Crippen LogP contribution is 2.33. The molecule has 1 saturated heterocycles. The Morgan fingerprint density at radius 2 is 1.81 bits per heavy atom. The third kappa shape index (κ3) is 2.85. The van der Waals surface area contributed by atoms with Crippen molar-refractivity contribution in [2.75, 3.05) is 14.2 Å². The molecule has 2 atom stereocenters. The first kappa shape index (κ1) is 15.7. The summed E-state index contributed by atoms with van der Waals surface area (Å²) < 4.78 is 10.7. The molecule has 1 heterocycles. The van der Waals surface area contributed by atoms with Gasteiger partial charge in [0.25, 0.3) is 5.91 Å². The van der Waals surface area contributed by atoms with E-state index in [1.807, 2.05) is 24.0 Å². The Hall–Kier alpha value is -1.71. The molecule has 0 bridgehead atoms. The molecule has 1 fully saturated rings. The van der Waals surface area contributed by atoms with E-state index >= 15 is 0 Å². The topological polar surface area (TPSA) is 38.8 Å². The zero-order valence-corrected chi connectivity index (χ0v) is 13.6. The van der Waals surface area contributed by atoms with E-state index in [2.05, 4.69) is 13.8 Å². The molecule has 116 valence electrons. The SMILES string of the molecule is CC[C@H]1CC[C@@H](C)N1C(=O)c1cc(OC)c(C)c(OC)c1. The van der Waals surface area contributed by atoms with Gasteiger partial charge in [-0.1, -0.05) is 6.92 Å². The molecule has 0 aliphatic carbocycles. The number of carbonyl (C=O) groups is 1. The molecule has 0 N–H and O–H groups in total. The van der Waals surface area contributed by atoms with Gasteiger partial charge in [0.2, 0.25) is 0 Å². The highest BCUT2D eigenvalue weighted by molar-refractivity contribution is 5.96. The van der Waals surface area contributed by atoms with Crippen LogP contribution in [0.3, 0.4) is 0 Å². The van der Waals surface area contributed by atoms with Crippen molar-refractivity contribution < 1.29 is 14.3 Å². The van der Waals surface area contributed by atoms with E-state index in [0.717, 1.165) is 24.8 Å². The lowest BCUT2D eigenvalue weighted by molar-refractivity contribution is 0.0675. The van der Waals surface area contributed by atoms with Crippen molar-refractivity contribution in [1.29, 1.82) is 0 Å². The standard InChI is InChI=1S/C17H25NO3/c1-6-14-8-7-11(2)18(14)17(19)13-9-15(20-4)12(3)16(10-13)21-5/h9-11,14H,6-8H2,1-5H3/t11-,14+/m1/s1. The van der Waals surface area contributed by atoms with Gasteiger partial charge in [0, 0.05) is 23.2 Å². The second-order valence-electron chi connectivity index (χ2n) is 5.71. The maximum absolute atomic E-state index is 12.9. The van der Waals surface area contributed by atoms with Gasteiger partial charge in [-0.15, -0.1) is 0 Å². The highest BCUT2D eigenvalue weighted by atomic mass is 16.5. The van der Waals surface area contributed by atoms with Crippen LogP contribution in [0.25, 0.3) is 0 Å². The molecule has 0 unspecified atom stereocenters. The van der Waals surface area contributed by atoms with Gasteiger partial charge in [0.15, 0.2) is 0 Å². The third-order valence-corrected chi connectivity index (χ3v) is 4.49. The van der Waals surface area contributed by atoms with Gasteiger partial charge in [-0.2, -0.15) is 0 Å². The van der Waals surface area contributed by atoms with Crippen LogP contribution in [0.4, 0.5) is 0 Å². The molecule has 4 nitrogen and oxygen atoms in total. The molecule has 1 aromatic rings. The van der Waals surface area contributed by atoms with Gasteiger partial charge in [-0.05, 0) is 45.2 Å². The van der Waals surface area contributed by atoms with Crippen LogP contribution in [-0.2, 0) is 0 Å². The molecule has 1 aliphatic rings. The molecule has 21 heavy (non-hydrogen) atoms. The lowest BCUT2D eigenvalue weighted by Gasteiger charge is -2.28. The Kier molecular flexibility index (Phi) is 4.76. The summed E-state index contributed by atoms with van der Waals surface area (Å²) in [5.41, 5.74) is 1.56. The van der Waals surface area contributed by atoms with Gasteiger partial charge >= 0.3 is 0 Å². The van der Waals surface area contributed by atoms with Gasteiger partial charge in [0.05, 0.1) is 14.2 Å². The number of nitrogens with zero attached hydrogens (tertiary/aromatic N) is 1. The Bertz CT molecular complexity index is 502. The molecule has 2 rings (SSSR count). The number of methoxy groups -OCH3 is 2. The summed E-state index contributed by atoms with van der Waals surface area (Å²) >= 11 is 0. The minimum absolute atomic E-state index is 0.0726. The van der Waals surface area contributed by atoms with Crippen LogP contribution in [0.1, 0.15) is 49.0 Å². The highest BCUT2D eigenvalue weighted by Gasteiger charge is 2.34. The molecule has 0 aromatic heterocycles. The minimum atomic E-state index is 0.0726. The summed E-state index contributed by atoms with van der Waals surface area (Å²) in [5.74, 6) is 1.46. The van der Waals surface area contributed by atoms with Crippen molar-refractivity contribution in [3.05, 3.63) is 23.3 Å². The van der Waals surface area contributed by atoms with E-state index in [-0.39, 0.29) is 5.91 Å². The zero-order valence-electron chi connectivity index (χ0n) is 13.6. The van der Waals surface area contributed by atoms with Crippen molar-refractivity contribution in [3.63, 3.8) is 0 Å². The number of rotatable bonds is 4. The predicted molar refractivity (Wildman–Crippen MR) is 83.2 cm³/mol. The number of carbonyl (C=O) groups excluding carboxylic acids is 1. The molecular formula is C17H25NO3. The van der Waals surface area contributed by atoms with Gasteiger partial charge in [0.1, 0.15) is 11.5 Å². The molecule has 1 aliphatic heterocycles. The first-order valence-electron chi connectivity index (χ1n) is 7.58. The summed E-state index contributed by atoms with van der Waals surface area (Å²) in [7, 11) is 3.23. The fourth-order valence-electron chi connectivity index (χ4n) is 3.20. The lowest BCUT2D eigenvalue weighted by atomic mass is 10.1. The number of hydrogen-bond donors (Lipinski definition) is 0. The van der Waals surface area contributed by atoms with Crippen molar-refractivity contribution in [2.24, 2.45) is 0 Å². The first-order valence-corrected chi connectivity index (χ1v) is 7.58. The van der Waals surface area contributed by atoms with Crippen molar-refractivity contribution in [3.8, 4) is 11.5 Å². The Morgan fingerprint density at radius 3 is 2.29 bits per heavy atom. The second kappa shape index (κ2) is 6.37. The molecule has 1 amide bonds. The third-order valence-electron chi connectivity index (χ3n) is 4.49. The van der Waals surface area contributed by atoms with E-state index in [1.54, 1.807) is 14.2 Å². The van der Waals surface area contributed by atoms with Gasteiger partial charge in [-0.3, -0.25) is 4.79 Å². The van der Waals surface area contributed by atoms with Crippen LogP contribution in [0.2, 0.25) is 0 Å². The summed E-state index contributed by atoms with van der Waals surface area (Å²) in [5, 5.41) is 0. The normalized spacial score (nSPS) is 21.5. The molecule has 0 radical (unpaired) electrons. The number of likely N-dealkylation sites (tertiary alicyclic amines) is 1. The smallest absolute Gasteiger partial charge is 0.254 e. The summed E-state index contributed by atoms with van der Waals surface area (Å²) in [6.07, 6.45) is 3.16. The fourth-order valence-corrected chi connectivity index (χ4v) is 3.20. The van der Waals surface area contributed by atoms with Gasteiger partial charge < -0.3 is 14.4 Å². The number of amides is 1. The average Bonchev–Trinajstić information content (AvgIpc) is 2.87. The second-order valence-corrected chi connectivity index (χ2v) is 5.71. The van der Waals surface area contributed by atoms with Crippen molar-refractivity contribution >= 4 is 5.91 Å². The Morgan fingerprint density at radius 1 is 1.24 bits per heavy atom. The van der Waals surface area contributed by atoms with E-state index in [1.165, 1.54) is 0 Å². The van der Waals surface area contributed by atoms with Crippen LogP contribution >= 0.6 is 0 Å². The van der Waals surface area contributed by atoms with E-state index < -0.39 is 0 Å². The van der Waals surface area contributed by atoms with Crippen molar-refractivity contribution in [2.45, 2.75) is 52.1 Å². The Labute approximate surface area is 127 Å². The van der Waals surface area contributed by atoms with Crippen LogP contribution in [0, 0.1) is 6.92 Å². The monoisotopic (exact) mass is 291 g/mol. The molecule has 1 aromatic carbocycles. The largest absolute Gasteiger partial charge is 0.496 e. The molecule has 0 spiro atoms. The number of ether oxygens (including phenoxy) is 2. The number of hydrogen-bond acceptors (Lipinski definition) is 3. The maximum Gasteiger partial charge on any atom is 0.254 e. The van der Waals surface area contributed by atoms with Gasteiger partial charge in [-0.25, -0.2) is 0 Å². The summed E-state index contributed by atoms with van der Waals surface area (Å²) in [6, 6.07) is 4.27. The quantitative estimate of drug-likeness (QED) is 0.853. The van der Waals surface area contributed by atoms with E-state index in [0.29, 0.717) is 29.1 Å². The molecule has 0 saturated carbocycles. The Balaban J connectivity index is 2.39. The van der Waals surface area contributed by atoms with E-state index in [4.69, 9.17) is 9.47 Å².